The molecule has 0 saturated heterocycles. The molecule has 3 rings (SSSR count). The third kappa shape index (κ3) is 4.70. The predicted octanol–water partition coefficient (Wildman–Crippen LogP) is 3.46. The predicted molar refractivity (Wildman–Crippen MR) is 109 cm³/mol. The summed E-state index contributed by atoms with van der Waals surface area (Å²) in [6, 6.07) is 12.1. The molecule has 146 valence electrons. The molecule has 1 aliphatic heterocycles. The minimum Gasteiger partial charge on any atom is -0.349 e. The number of anilines is 2. The zero-order chi connectivity index (χ0) is 20.3. The van der Waals surface area contributed by atoms with Gasteiger partial charge in [0.2, 0.25) is 17.7 Å². The summed E-state index contributed by atoms with van der Waals surface area (Å²) in [5.74, 6) is -0.415. The number of fused-ring (bicyclic) bond motifs is 1. The fraction of sp³-hybridized carbons (Fsp3) is 0.286. The van der Waals surface area contributed by atoms with Crippen molar-refractivity contribution in [3.8, 4) is 0 Å². The molecule has 28 heavy (non-hydrogen) atoms. The van der Waals surface area contributed by atoms with E-state index in [2.05, 4.69) is 10.6 Å². The van der Waals surface area contributed by atoms with Crippen LogP contribution in [0.1, 0.15) is 37.4 Å². The fourth-order valence-corrected chi connectivity index (χ4v) is 3.52. The van der Waals surface area contributed by atoms with Crippen molar-refractivity contribution >= 4 is 40.7 Å². The molecule has 1 aliphatic rings. The highest BCUT2D eigenvalue weighted by atomic mass is 35.5. The first-order chi connectivity index (χ1) is 13.3. The van der Waals surface area contributed by atoms with Gasteiger partial charge in [-0.3, -0.25) is 14.4 Å². The smallest absolute Gasteiger partial charge is 0.226 e. The lowest BCUT2D eigenvalue weighted by Gasteiger charge is -2.19. The Morgan fingerprint density at radius 1 is 1.11 bits per heavy atom. The molecular weight excluding hydrogens is 378 g/mol. The highest BCUT2D eigenvalue weighted by molar-refractivity contribution is 6.30. The zero-order valence-corrected chi connectivity index (χ0v) is 16.5. The van der Waals surface area contributed by atoms with Crippen molar-refractivity contribution in [2.75, 3.05) is 16.8 Å². The number of carbonyl (C=O) groups excluding carboxylic acids is 3. The van der Waals surface area contributed by atoms with Gasteiger partial charge in [-0.25, -0.2) is 0 Å². The molecule has 1 heterocycles. The van der Waals surface area contributed by atoms with Gasteiger partial charge in [0, 0.05) is 36.8 Å². The van der Waals surface area contributed by atoms with Crippen LogP contribution in [0, 0.1) is 0 Å². The van der Waals surface area contributed by atoms with E-state index >= 15 is 0 Å². The number of rotatable bonds is 5. The van der Waals surface area contributed by atoms with Crippen molar-refractivity contribution in [3.63, 3.8) is 0 Å². The highest BCUT2D eigenvalue weighted by Gasteiger charge is 2.23. The second-order valence-electron chi connectivity index (χ2n) is 6.82. The topological polar surface area (TPSA) is 78.5 Å². The first-order valence-corrected chi connectivity index (χ1v) is 9.44. The van der Waals surface area contributed by atoms with Gasteiger partial charge in [-0.2, -0.15) is 0 Å². The van der Waals surface area contributed by atoms with E-state index < -0.39 is 6.04 Å². The van der Waals surface area contributed by atoms with Gasteiger partial charge < -0.3 is 15.5 Å². The van der Waals surface area contributed by atoms with Gasteiger partial charge in [0.25, 0.3) is 0 Å². The standard InChI is InChI=1S/C21H22ClN3O3/c1-13(26)23-19(15-3-5-17(22)6-4-15)12-21(28)24-18-7-8-20-16(11-18)9-10-25(20)14(2)27/h3-8,11,19H,9-10,12H2,1-2H3,(H,23,26)(H,24,28)/t19-/m1/s1. The Bertz CT molecular complexity index is 912. The van der Waals surface area contributed by atoms with Crippen LogP contribution >= 0.6 is 11.6 Å². The number of amides is 3. The van der Waals surface area contributed by atoms with Crippen LogP contribution in [0.15, 0.2) is 42.5 Å². The Hall–Kier alpha value is -2.86. The molecule has 0 aromatic heterocycles. The van der Waals surface area contributed by atoms with Crippen LogP contribution < -0.4 is 15.5 Å². The average Bonchev–Trinajstić information content (AvgIpc) is 3.05. The number of benzene rings is 2. The maximum absolute atomic E-state index is 12.6. The van der Waals surface area contributed by atoms with Crippen LogP contribution in [0.3, 0.4) is 0 Å². The van der Waals surface area contributed by atoms with E-state index in [0.717, 1.165) is 23.2 Å². The molecule has 7 heteroatoms. The zero-order valence-electron chi connectivity index (χ0n) is 15.8. The van der Waals surface area contributed by atoms with E-state index in [1.54, 1.807) is 42.2 Å². The molecule has 0 spiro atoms. The van der Waals surface area contributed by atoms with Crippen molar-refractivity contribution in [2.45, 2.75) is 32.7 Å². The summed E-state index contributed by atoms with van der Waals surface area (Å²) in [7, 11) is 0. The molecule has 0 bridgehead atoms. The second kappa shape index (κ2) is 8.44. The van der Waals surface area contributed by atoms with Gasteiger partial charge in [-0.15, -0.1) is 0 Å². The Morgan fingerprint density at radius 2 is 1.82 bits per heavy atom. The summed E-state index contributed by atoms with van der Waals surface area (Å²) >= 11 is 5.92. The molecule has 0 saturated carbocycles. The fourth-order valence-electron chi connectivity index (χ4n) is 3.40. The van der Waals surface area contributed by atoms with Gasteiger partial charge in [-0.1, -0.05) is 23.7 Å². The molecule has 0 aliphatic carbocycles. The quantitative estimate of drug-likeness (QED) is 0.808. The van der Waals surface area contributed by atoms with Crippen LogP contribution in [0.5, 0.6) is 0 Å². The lowest BCUT2D eigenvalue weighted by Crippen LogP contribution is -2.29. The lowest BCUT2D eigenvalue weighted by atomic mass is 10.0. The number of halogens is 1. The van der Waals surface area contributed by atoms with Gasteiger partial charge >= 0.3 is 0 Å². The third-order valence-electron chi connectivity index (χ3n) is 4.68. The Morgan fingerprint density at radius 3 is 2.46 bits per heavy atom. The highest BCUT2D eigenvalue weighted by Crippen LogP contribution is 2.30. The van der Waals surface area contributed by atoms with E-state index in [1.807, 2.05) is 12.1 Å². The van der Waals surface area contributed by atoms with Crippen molar-refractivity contribution in [1.82, 2.24) is 5.32 Å². The Labute approximate surface area is 168 Å². The van der Waals surface area contributed by atoms with Crippen LogP contribution in [0.2, 0.25) is 5.02 Å². The number of nitrogens with zero attached hydrogens (tertiary/aromatic N) is 1. The molecule has 2 N–H and O–H groups in total. The van der Waals surface area contributed by atoms with E-state index in [4.69, 9.17) is 11.6 Å². The lowest BCUT2D eigenvalue weighted by molar-refractivity contribution is -0.120. The van der Waals surface area contributed by atoms with E-state index in [-0.39, 0.29) is 24.1 Å². The molecule has 0 fully saturated rings. The van der Waals surface area contributed by atoms with Crippen molar-refractivity contribution < 1.29 is 14.4 Å². The van der Waals surface area contributed by atoms with E-state index in [1.165, 1.54) is 6.92 Å². The largest absolute Gasteiger partial charge is 0.349 e. The minimum atomic E-state index is -0.447. The summed E-state index contributed by atoms with van der Waals surface area (Å²) < 4.78 is 0. The van der Waals surface area contributed by atoms with Crippen molar-refractivity contribution in [3.05, 3.63) is 58.6 Å². The third-order valence-corrected chi connectivity index (χ3v) is 4.93. The first kappa shape index (κ1) is 19.9. The summed E-state index contributed by atoms with van der Waals surface area (Å²) in [6.07, 6.45) is 0.857. The van der Waals surface area contributed by atoms with Gasteiger partial charge in [0.15, 0.2) is 0 Å². The summed E-state index contributed by atoms with van der Waals surface area (Å²) in [5, 5.41) is 6.28. The van der Waals surface area contributed by atoms with Gasteiger partial charge in [-0.05, 0) is 47.9 Å². The summed E-state index contributed by atoms with van der Waals surface area (Å²) in [5.41, 5.74) is 3.40. The molecule has 2 aromatic carbocycles. The monoisotopic (exact) mass is 399 g/mol. The van der Waals surface area contributed by atoms with Crippen LogP contribution in [-0.4, -0.2) is 24.3 Å². The maximum Gasteiger partial charge on any atom is 0.226 e. The van der Waals surface area contributed by atoms with Crippen LogP contribution in [-0.2, 0) is 20.8 Å². The van der Waals surface area contributed by atoms with Gasteiger partial charge in [0.05, 0.1) is 12.5 Å². The van der Waals surface area contributed by atoms with E-state index in [9.17, 15) is 14.4 Å². The number of nitrogens with one attached hydrogen (secondary N) is 2. The van der Waals surface area contributed by atoms with Crippen LogP contribution in [0.25, 0.3) is 0 Å². The molecule has 3 amide bonds. The number of hydrogen-bond acceptors (Lipinski definition) is 3. The average molecular weight is 400 g/mol. The SMILES string of the molecule is CC(=O)N[C@H](CC(=O)Nc1ccc2c(c1)CCN2C(C)=O)c1ccc(Cl)cc1. The molecular formula is C21H22ClN3O3. The van der Waals surface area contributed by atoms with Crippen molar-refractivity contribution in [2.24, 2.45) is 0 Å². The Kier molecular flexibility index (Phi) is 5.99. The Balaban J connectivity index is 1.70. The van der Waals surface area contributed by atoms with Gasteiger partial charge in [0.1, 0.15) is 0 Å². The summed E-state index contributed by atoms with van der Waals surface area (Å²) in [4.78, 5) is 37.5. The maximum atomic E-state index is 12.6. The number of hydrogen-bond donors (Lipinski definition) is 2. The first-order valence-electron chi connectivity index (χ1n) is 9.07. The molecule has 2 aromatic rings. The molecule has 1 atom stereocenters. The van der Waals surface area contributed by atoms with E-state index in [0.29, 0.717) is 17.3 Å². The minimum absolute atomic E-state index is 0.0108. The number of carbonyl (C=O) groups is 3. The van der Waals surface area contributed by atoms with Crippen LogP contribution in [0.4, 0.5) is 11.4 Å². The summed E-state index contributed by atoms with van der Waals surface area (Å²) in [6.45, 7) is 3.62. The normalized spacial score (nSPS) is 13.6. The van der Waals surface area contributed by atoms with Crippen molar-refractivity contribution in [1.29, 1.82) is 0 Å². The molecule has 0 radical (unpaired) electrons. The molecule has 6 nitrogen and oxygen atoms in total. The molecule has 0 unspecified atom stereocenters. The second-order valence-corrected chi connectivity index (χ2v) is 7.26.